The zero-order chi connectivity index (χ0) is 14.3. The summed E-state index contributed by atoms with van der Waals surface area (Å²) in [4.78, 5) is 21.9. The minimum absolute atomic E-state index is 0.000581. The van der Waals surface area contributed by atoms with Gasteiger partial charge >= 0.3 is 5.97 Å². The van der Waals surface area contributed by atoms with Crippen molar-refractivity contribution in [2.24, 2.45) is 0 Å². The second-order valence-corrected chi connectivity index (χ2v) is 4.01. The molecule has 0 aromatic heterocycles. The van der Waals surface area contributed by atoms with Crippen molar-refractivity contribution >= 4 is 11.9 Å². The van der Waals surface area contributed by atoms with Gasteiger partial charge in [-0.2, -0.15) is 0 Å². The van der Waals surface area contributed by atoms with E-state index in [0.717, 1.165) is 0 Å². The molecule has 0 aliphatic rings. The zero-order valence-corrected chi connectivity index (χ0v) is 10.6. The first-order chi connectivity index (χ1) is 8.99. The zero-order valence-electron chi connectivity index (χ0n) is 10.6. The number of carboxylic acid groups (broad SMARTS) is 1. The molecular formula is C13H16FNO4. The number of ether oxygens (including phenoxy) is 1. The molecule has 0 heterocycles. The number of halogens is 1. The van der Waals surface area contributed by atoms with Crippen molar-refractivity contribution in [3.8, 4) is 5.75 Å². The van der Waals surface area contributed by atoms with E-state index in [4.69, 9.17) is 9.84 Å². The highest BCUT2D eigenvalue weighted by atomic mass is 19.1. The molecule has 6 heteroatoms. The summed E-state index contributed by atoms with van der Waals surface area (Å²) in [5, 5.41) is 11.0. The number of hydrogen-bond donors (Lipinski definition) is 2. The Labute approximate surface area is 110 Å². The first kappa shape index (κ1) is 14.9. The van der Waals surface area contributed by atoms with Crippen LogP contribution >= 0.6 is 0 Å². The van der Waals surface area contributed by atoms with Gasteiger partial charge in [0.25, 0.3) is 5.91 Å². The molecule has 0 bridgehead atoms. The Kier molecular flexibility index (Phi) is 5.78. The van der Waals surface area contributed by atoms with Gasteiger partial charge in [0.2, 0.25) is 0 Å². The van der Waals surface area contributed by atoms with Gasteiger partial charge in [-0.05, 0) is 25.5 Å². The van der Waals surface area contributed by atoms with Gasteiger partial charge in [-0.15, -0.1) is 0 Å². The SMILES string of the molecule is CC(Oc1cccc(F)c1)C(=O)NCCCC(=O)O. The molecule has 0 saturated carbocycles. The molecule has 0 fully saturated rings. The van der Waals surface area contributed by atoms with E-state index in [1.54, 1.807) is 6.07 Å². The van der Waals surface area contributed by atoms with E-state index < -0.39 is 17.9 Å². The molecule has 19 heavy (non-hydrogen) atoms. The summed E-state index contributed by atoms with van der Waals surface area (Å²) < 4.78 is 18.2. The maximum absolute atomic E-state index is 12.9. The number of benzene rings is 1. The summed E-state index contributed by atoms with van der Waals surface area (Å²) in [6.07, 6.45) is -0.417. The Morgan fingerprint density at radius 2 is 2.21 bits per heavy atom. The third-order valence-electron chi connectivity index (χ3n) is 2.34. The highest BCUT2D eigenvalue weighted by molar-refractivity contribution is 5.80. The number of aliphatic carboxylic acids is 1. The average Bonchev–Trinajstić information content (AvgIpc) is 2.34. The number of carboxylic acids is 1. The van der Waals surface area contributed by atoms with Crippen molar-refractivity contribution < 1.29 is 23.8 Å². The second-order valence-electron chi connectivity index (χ2n) is 4.01. The first-order valence-corrected chi connectivity index (χ1v) is 5.91. The summed E-state index contributed by atoms with van der Waals surface area (Å²) in [6, 6.07) is 5.51. The van der Waals surface area contributed by atoms with Gasteiger partial charge < -0.3 is 15.2 Å². The normalized spacial score (nSPS) is 11.7. The Balaban J connectivity index is 2.34. The number of nitrogens with one attached hydrogen (secondary N) is 1. The second kappa shape index (κ2) is 7.35. The monoisotopic (exact) mass is 269 g/mol. The summed E-state index contributed by atoms with van der Waals surface area (Å²) >= 11 is 0. The van der Waals surface area contributed by atoms with Gasteiger partial charge in [0.1, 0.15) is 11.6 Å². The number of carbonyl (C=O) groups is 2. The van der Waals surface area contributed by atoms with Crippen LogP contribution < -0.4 is 10.1 Å². The predicted octanol–water partition coefficient (Wildman–Crippen LogP) is 1.57. The van der Waals surface area contributed by atoms with Crippen LogP contribution in [0.4, 0.5) is 4.39 Å². The summed E-state index contributed by atoms with van der Waals surface area (Å²) in [6.45, 7) is 1.80. The molecule has 1 atom stereocenters. The molecule has 1 rings (SSSR count). The van der Waals surface area contributed by atoms with Gasteiger partial charge in [0, 0.05) is 19.0 Å². The number of amides is 1. The van der Waals surface area contributed by atoms with Crippen LogP contribution in [0.25, 0.3) is 0 Å². The standard InChI is InChI=1S/C13H16FNO4/c1-9(13(18)15-7-3-6-12(16)17)19-11-5-2-4-10(14)8-11/h2,4-5,8-9H,3,6-7H2,1H3,(H,15,18)(H,16,17). The van der Waals surface area contributed by atoms with Crippen molar-refractivity contribution in [1.82, 2.24) is 5.32 Å². The van der Waals surface area contributed by atoms with Gasteiger partial charge in [0.05, 0.1) is 0 Å². The summed E-state index contributed by atoms with van der Waals surface area (Å²) in [7, 11) is 0. The fourth-order valence-corrected chi connectivity index (χ4v) is 1.39. The number of carbonyl (C=O) groups excluding carboxylic acids is 1. The highest BCUT2D eigenvalue weighted by Gasteiger charge is 2.14. The Hall–Kier alpha value is -2.11. The van der Waals surface area contributed by atoms with Crippen LogP contribution in [0.15, 0.2) is 24.3 Å². The topological polar surface area (TPSA) is 75.6 Å². The van der Waals surface area contributed by atoms with E-state index in [9.17, 15) is 14.0 Å². The fraction of sp³-hybridized carbons (Fsp3) is 0.385. The minimum atomic E-state index is -0.904. The van der Waals surface area contributed by atoms with E-state index in [1.807, 2.05) is 0 Å². The number of rotatable bonds is 7. The van der Waals surface area contributed by atoms with Crippen molar-refractivity contribution in [3.63, 3.8) is 0 Å². The Morgan fingerprint density at radius 1 is 1.47 bits per heavy atom. The molecule has 1 amide bonds. The molecular weight excluding hydrogens is 253 g/mol. The van der Waals surface area contributed by atoms with E-state index in [2.05, 4.69) is 5.32 Å². The maximum Gasteiger partial charge on any atom is 0.303 e. The molecule has 2 N–H and O–H groups in total. The lowest BCUT2D eigenvalue weighted by Crippen LogP contribution is -2.36. The predicted molar refractivity (Wildman–Crippen MR) is 66.4 cm³/mol. The quantitative estimate of drug-likeness (QED) is 0.737. The van der Waals surface area contributed by atoms with Gasteiger partial charge in [-0.25, -0.2) is 4.39 Å². The number of hydrogen-bond acceptors (Lipinski definition) is 3. The van der Waals surface area contributed by atoms with Crippen molar-refractivity contribution in [2.45, 2.75) is 25.9 Å². The van der Waals surface area contributed by atoms with E-state index in [1.165, 1.54) is 25.1 Å². The molecule has 104 valence electrons. The molecule has 5 nitrogen and oxygen atoms in total. The Bertz CT molecular complexity index is 450. The van der Waals surface area contributed by atoms with Crippen LogP contribution in [0.3, 0.4) is 0 Å². The lowest BCUT2D eigenvalue weighted by Gasteiger charge is -2.14. The molecule has 0 aliphatic carbocycles. The molecule has 1 aromatic rings. The average molecular weight is 269 g/mol. The van der Waals surface area contributed by atoms with E-state index in [0.29, 0.717) is 6.42 Å². The molecule has 0 aliphatic heterocycles. The van der Waals surface area contributed by atoms with Crippen molar-refractivity contribution in [3.05, 3.63) is 30.1 Å². The summed E-state index contributed by atoms with van der Waals surface area (Å²) in [5.74, 6) is -1.44. The minimum Gasteiger partial charge on any atom is -0.481 e. The van der Waals surface area contributed by atoms with Crippen molar-refractivity contribution in [2.75, 3.05) is 6.54 Å². The van der Waals surface area contributed by atoms with Crippen molar-refractivity contribution in [1.29, 1.82) is 0 Å². The summed E-state index contributed by atoms with van der Waals surface area (Å²) in [5.41, 5.74) is 0. The van der Waals surface area contributed by atoms with Crippen LogP contribution in [0.5, 0.6) is 5.75 Å². The largest absolute Gasteiger partial charge is 0.481 e. The molecule has 0 radical (unpaired) electrons. The lowest BCUT2D eigenvalue weighted by atomic mass is 10.3. The van der Waals surface area contributed by atoms with Gasteiger partial charge in [-0.3, -0.25) is 9.59 Å². The van der Waals surface area contributed by atoms with E-state index in [-0.39, 0.29) is 24.6 Å². The first-order valence-electron chi connectivity index (χ1n) is 5.91. The van der Waals surface area contributed by atoms with E-state index >= 15 is 0 Å². The molecule has 0 spiro atoms. The molecule has 1 aromatic carbocycles. The fourth-order valence-electron chi connectivity index (χ4n) is 1.39. The molecule has 1 unspecified atom stereocenters. The van der Waals surface area contributed by atoms with Crippen LogP contribution in [-0.2, 0) is 9.59 Å². The maximum atomic E-state index is 12.9. The lowest BCUT2D eigenvalue weighted by molar-refractivity contribution is -0.137. The van der Waals surface area contributed by atoms with Crippen LogP contribution in [0, 0.1) is 5.82 Å². The van der Waals surface area contributed by atoms with Gasteiger partial charge in [-0.1, -0.05) is 6.07 Å². The Morgan fingerprint density at radius 3 is 2.84 bits per heavy atom. The van der Waals surface area contributed by atoms with Crippen LogP contribution in [-0.4, -0.2) is 29.6 Å². The smallest absolute Gasteiger partial charge is 0.303 e. The third kappa shape index (κ3) is 5.85. The highest BCUT2D eigenvalue weighted by Crippen LogP contribution is 2.13. The molecule has 0 saturated heterocycles. The third-order valence-corrected chi connectivity index (χ3v) is 2.34. The van der Waals surface area contributed by atoms with Crippen LogP contribution in [0.2, 0.25) is 0 Å². The van der Waals surface area contributed by atoms with Gasteiger partial charge in [0.15, 0.2) is 6.10 Å². The van der Waals surface area contributed by atoms with Crippen LogP contribution in [0.1, 0.15) is 19.8 Å².